The van der Waals surface area contributed by atoms with E-state index < -0.39 is 29.6 Å². The quantitative estimate of drug-likeness (QED) is 0.721. The Morgan fingerprint density at radius 3 is 2.69 bits per heavy atom. The van der Waals surface area contributed by atoms with Crippen LogP contribution in [-0.2, 0) is 4.79 Å². The molecular weight excluding hydrogens is 403 g/mol. The van der Waals surface area contributed by atoms with E-state index in [0.717, 1.165) is 31.8 Å². The summed E-state index contributed by atoms with van der Waals surface area (Å²) < 4.78 is 42.3. The van der Waals surface area contributed by atoms with Crippen LogP contribution >= 0.6 is 11.8 Å². The molecule has 1 aliphatic heterocycles. The molecule has 0 radical (unpaired) electrons. The molecule has 1 heterocycles. The number of allylic oxidation sites excluding steroid dienone is 2. The van der Waals surface area contributed by atoms with Crippen molar-refractivity contribution in [3.8, 4) is 0 Å². The van der Waals surface area contributed by atoms with E-state index >= 15 is 0 Å². The SMILES string of the molecule is O=C1NC(CSC2CCC(O)CC2)=NC2=CC(=NC3CCCC3(F)F)C=C(F)C12. The molecule has 4 rings (SSSR count). The molecule has 29 heavy (non-hydrogen) atoms. The number of aliphatic hydroxyl groups is 1. The Hall–Kier alpha value is -1.61. The summed E-state index contributed by atoms with van der Waals surface area (Å²) in [4.78, 5) is 20.8. The van der Waals surface area contributed by atoms with Gasteiger partial charge in [-0.15, -0.1) is 0 Å². The molecule has 0 saturated heterocycles. The van der Waals surface area contributed by atoms with E-state index in [1.54, 1.807) is 11.8 Å². The van der Waals surface area contributed by atoms with Gasteiger partial charge in [-0.1, -0.05) is 0 Å². The second-order valence-corrected chi connectivity index (χ2v) is 9.33. The van der Waals surface area contributed by atoms with E-state index in [1.807, 2.05) is 0 Å². The number of hydrogen-bond acceptors (Lipinski definition) is 5. The Kier molecular flexibility index (Phi) is 5.88. The van der Waals surface area contributed by atoms with Gasteiger partial charge >= 0.3 is 0 Å². The van der Waals surface area contributed by atoms with Gasteiger partial charge in [0, 0.05) is 11.7 Å². The van der Waals surface area contributed by atoms with Crippen LogP contribution in [-0.4, -0.2) is 51.6 Å². The van der Waals surface area contributed by atoms with Gasteiger partial charge in [0.1, 0.15) is 23.6 Å². The zero-order chi connectivity index (χ0) is 20.6. The van der Waals surface area contributed by atoms with E-state index in [2.05, 4.69) is 15.3 Å². The molecule has 0 spiro atoms. The average molecular weight is 427 g/mol. The van der Waals surface area contributed by atoms with E-state index in [1.165, 1.54) is 6.08 Å². The van der Waals surface area contributed by atoms with Gasteiger partial charge in [-0.3, -0.25) is 9.79 Å². The first-order chi connectivity index (χ1) is 13.8. The summed E-state index contributed by atoms with van der Waals surface area (Å²) in [5.41, 5.74) is 0.315. The molecule has 0 aromatic rings. The van der Waals surface area contributed by atoms with Crippen LogP contribution in [0.15, 0.2) is 33.7 Å². The lowest BCUT2D eigenvalue weighted by Gasteiger charge is -2.28. The molecule has 0 aromatic heterocycles. The van der Waals surface area contributed by atoms with E-state index in [9.17, 15) is 23.1 Å². The van der Waals surface area contributed by atoms with Crippen molar-refractivity contribution >= 4 is 29.2 Å². The zero-order valence-corrected chi connectivity index (χ0v) is 16.7. The van der Waals surface area contributed by atoms with Crippen molar-refractivity contribution in [2.24, 2.45) is 15.9 Å². The molecule has 2 saturated carbocycles. The number of hydrogen-bond donors (Lipinski definition) is 2. The highest BCUT2D eigenvalue weighted by Crippen LogP contribution is 2.38. The van der Waals surface area contributed by atoms with Crippen LogP contribution in [0.4, 0.5) is 13.2 Å². The van der Waals surface area contributed by atoms with Gasteiger partial charge in [-0.2, -0.15) is 11.8 Å². The third-order valence-electron chi connectivity index (χ3n) is 5.83. The van der Waals surface area contributed by atoms with Crippen LogP contribution in [0.1, 0.15) is 44.9 Å². The highest BCUT2D eigenvalue weighted by Gasteiger charge is 2.44. The first-order valence-corrected chi connectivity index (χ1v) is 11.1. The monoisotopic (exact) mass is 427 g/mol. The molecule has 0 bridgehead atoms. The minimum Gasteiger partial charge on any atom is -0.393 e. The predicted molar refractivity (Wildman–Crippen MR) is 107 cm³/mol. The number of fused-ring (bicyclic) bond motifs is 1. The Labute approximate surface area is 171 Å². The van der Waals surface area contributed by atoms with Crippen LogP contribution < -0.4 is 5.32 Å². The lowest BCUT2D eigenvalue weighted by molar-refractivity contribution is -0.122. The first-order valence-electron chi connectivity index (χ1n) is 10.0. The number of thioether (sulfide) groups is 1. The topological polar surface area (TPSA) is 74.0 Å². The highest BCUT2D eigenvalue weighted by molar-refractivity contribution is 8.00. The number of carbonyl (C=O) groups excluding carboxylic acids is 1. The van der Waals surface area contributed by atoms with Crippen molar-refractivity contribution < 1.29 is 23.1 Å². The summed E-state index contributed by atoms with van der Waals surface area (Å²) in [7, 11) is 0. The van der Waals surface area contributed by atoms with Gasteiger partial charge in [-0.25, -0.2) is 18.2 Å². The molecule has 2 atom stereocenters. The fourth-order valence-corrected chi connectivity index (χ4v) is 5.33. The summed E-state index contributed by atoms with van der Waals surface area (Å²) in [5, 5.41) is 12.6. The molecule has 158 valence electrons. The number of aliphatic imine (C=N–C) groups is 2. The second-order valence-electron chi connectivity index (χ2n) is 8.04. The molecule has 5 nitrogen and oxygen atoms in total. The standard InChI is InChI=1S/C20H24F3N3O2S/c21-14-8-11(24-16-2-1-7-20(16,22)23)9-15-18(14)19(28)26-17(25-15)10-29-13-5-3-12(27)4-6-13/h8-9,12-13,16,18,27H,1-7,10H2,(H,25,26,28). The number of carbonyl (C=O) groups is 1. The van der Waals surface area contributed by atoms with Crippen LogP contribution in [0.25, 0.3) is 0 Å². The Morgan fingerprint density at radius 2 is 2.00 bits per heavy atom. The van der Waals surface area contributed by atoms with Gasteiger partial charge in [0.25, 0.3) is 5.92 Å². The normalized spacial score (nSPS) is 35.5. The zero-order valence-electron chi connectivity index (χ0n) is 15.9. The minimum absolute atomic E-state index is 0.104. The highest BCUT2D eigenvalue weighted by atomic mass is 32.2. The van der Waals surface area contributed by atoms with E-state index in [0.29, 0.717) is 23.3 Å². The Morgan fingerprint density at radius 1 is 1.24 bits per heavy atom. The van der Waals surface area contributed by atoms with Crippen molar-refractivity contribution in [3.05, 3.63) is 23.7 Å². The third kappa shape index (κ3) is 4.60. The number of alkyl halides is 2. The lowest BCUT2D eigenvalue weighted by atomic mass is 9.94. The molecule has 2 N–H and O–H groups in total. The van der Waals surface area contributed by atoms with E-state index in [-0.39, 0.29) is 30.4 Å². The van der Waals surface area contributed by atoms with Gasteiger partial charge in [0.15, 0.2) is 0 Å². The maximum absolute atomic E-state index is 14.5. The maximum Gasteiger partial charge on any atom is 0.270 e. The van der Waals surface area contributed by atoms with Crippen molar-refractivity contribution in [2.75, 3.05) is 5.75 Å². The van der Waals surface area contributed by atoms with Crippen LogP contribution in [0.5, 0.6) is 0 Å². The van der Waals surface area contributed by atoms with Crippen LogP contribution in [0, 0.1) is 5.92 Å². The Balaban J connectivity index is 1.49. The molecule has 1 amide bonds. The smallest absolute Gasteiger partial charge is 0.270 e. The molecule has 2 unspecified atom stereocenters. The molecule has 3 aliphatic carbocycles. The summed E-state index contributed by atoms with van der Waals surface area (Å²) in [6.45, 7) is 0. The Bertz CT molecular complexity index is 801. The fraction of sp³-hybridized carbons (Fsp3) is 0.650. The first kappa shape index (κ1) is 20.7. The van der Waals surface area contributed by atoms with Crippen molar-refractivity contribution in [2.45, 2.75) is 68.3 Å². The average Bonchev–Trinajstić information content (AvgIpc) is 2.98. The van der Waals surface area contributed by atoms with Crippen molar-refractivity contribution in [3.63, 3.8) is 0 Å². The second kappa shape index (κ2) is 8.26. The summed E-state index contributed by atoms with van der Waals surface area (Å²) in [5.74, 6) is -4.34. The number of amidine groups is 1. The molecule has 0 aromatic carbocycles. The van der Waals surface area contributed by atoms with Gasteiger partial charge in [0.2, 0.25) is 5.91 Å². The fourth-order valence-electron chi connectivity index (χ4n) is 4.20. The lowest BCUT2D eigenvalue weighted by Crippen LogP contribution is -2.43. The molecule has 2 fully saturated rings. The maximum atomic E-state index is 14.5. The van der Waals surface area contributed by atoms with Crippen molar-refractivity contribution in [1.29, 1.82) is 0 Å². The number of nitrogens with one attached hydrogen (secondary N) is 1. The third-order valence-corrected chi connectivity index (χ3v) is 7.21. The van der Waals surface area contributed by atoms with E-state index in [4.69, 9.17) is 0 Å². The summed E-state index contributed by atoms with van der Waals surface area (Å²) in [6, 6.07) is -1.16. The number of halogens is 3. The summed E-state index contributed by atoms with van der Waals surface area (Å²) in [6.07, 6.45) is 6.07. The largest absolute Gasteiger partial charge is 0.393 e. The predicted octanol–water partition coefficient (Wildman–Crippen LogP) is 3.55. The minimum atomic E-state index is -2.88. The number of aliphatic hydroxyl groups excluding tert-OH is 1. The number of amides is 1. The van der Waals surface area contributed by atoms with Gasteiger partial charge in [0.05, 0.1) is 23.3 Å². The van der Waals surface area contributed by atoms with Crippen molar-refractivity contribution in [1.82, 2.24) is 5.32 Å². The van der Waals surface area contributed by atoms with Crippen LogP contribution in [0.2, 0.25) is 0 Å². The van der Waals surface area contributed by atoms with Gasteiger partial charge < -0.3 is 10.4 Å². The molecule has 4 aliphatic rings. The molecule has 9 heteroatoms. The number of nitrogens with zero attached hydrogens (tertiary/aromatic N) is 2. The number of rotatable bonds is 4. The van der Waals surface area contributed by atoms with Crippen LogP contribution in [0.3, 0.4) is 0 Å². The van der Waals surface area contributed by atoms with Gasteiger partial charge in [-0.05, 0) is 50.7 Å². The summed E-state index contributed by atoms with van der Waals surface area (Å²) >= 11 is 1.65. The molecular formula is C20H24F3N3O2S.